The van der Waals surface area contributed by atoms with Crippen LogP contribution in [0.25, 0.3) is 17.1 Å². The van der Waals surface area contributed by atoms with E-state index in [0.29, 0.717) is 28.7 Å². The summed E-state index contributed by atoms with van der Waals surface area (Å²) in [7, 11) is 0. The SMILES string of the molecule is Cc1nn(-c2ccc(Cl)nn2)c2c1[C@@H](c1ccc(-c3ccccc3F)o1)CC(=O)N2. The Labute approximate surface area is 175 Å². The Hall–Kier alpha value is -3.52. The van der Waals surface area contributed by atoms with E-state index in [2.05, 4.69) is 20.6 Å². The normalized spacial score (nSPS) is 15.7. The molecular weight excluding hydrogens is 409 g/mol. The molecule has 1 atom stereocenters. The van der Waals surface area contributed by atoms with E-state index in [4.69, 9.17) is 16.0 Å². The lowest BCUT2D eigenvalue weighted by Crippen LogP contribution is -2.24. The first kappa shape index (κ1) is 18.5. The summed E-state index contributed by atoms with van der Waals surface area (Å²) >= 11 is 5.83. The largest absolute Gasteiger partial charge is 0.460 e. The Morgan fingerprint density at radius 1 is 1.17 bits per heavy atom. The Kier molecular flexibility index (Phi) is 4.36. The molecule has 0 spiro atoms. The zero-order chi connectivity index (χ0) is 20.8. The molecule has 7 nitrogen and oxygen atoms in total. The van der Waals surface area contributed by atoms with Crippen LogP contribution >= 0.6 is 11.6 Å². The second kappa shape index (κ2) is 7.07. The Balaban J connectivity index is 1.59. The number of aryl methyl sites for hydroxylation is 1. The Bertz CT molecular complexity index is 1260. The van der Waals surface area contributed by atoms with Gasteiger partial charge in [0.25, 0.3) is 0 Å². The van der Waals surface area contributed by atoms with Gasteiger partial charge in [-0.05, 0) is 43.3 Å². The number of nitrogens with zero attached hydrogens (tertiary/aromatic N) is 4. The molecule has 0 fully saturated rings. The van der Waals surface area contributed by atoms with Crippen molar-refractivity contribution < 1.29 is 13.6 Å². The highest BCUT2D eigenvalue weighted by Gasteiger charge is 2.35. The van der Waals surface area contributed by atoms with E-state index in [9.17, 15) is 9.18 Å². The molecule has 1 aliphatic rings. The van der Waals surface area contributed by atoms with Gasteiger partial charge < -0.3 is 9.73 Å². The number of furan rings is 1. The van der Waals surface area contributed by atoms with Crippen molar-refractivity contribution in [2.75, 3.05) is 5.32 Å². The molecule has 1 aromatic carbocycles. The summed E-state index contributed by atoms with van der Waals surface area (Å²) in [5, 5.41) is 15.6. The van der Waals surface area contributed by atoms with Crippen LogP contribution < -0.4 is 5.32 Å². The molecule has 0 bridgehead atoms. The number of halogens is 2. The van der Waals surface area contributed by atoms with Gasteiger partial charge in [-0.25, -0.2) is 4.39 Å². The second-order valence-corrected chi connectivity index (χ2v) is 7.35. The van der Waals surface area contributed by atoms with Crippen LogP contribution in [-0.2, 0) is 4.79 Å². The average molecular weight is 424 g/mol. The van der Waals surface area contributed by atoms with Crippen LogP contribution in [0, 0.1) is 12.7 Å². The van der Waals surface area contributed by atoms with E-state index in [1.54, 1.807) is 42.5 Å². The second-order valence-electron chi connectivity index (χ2n) is 6.96. The topological polar surface area (TPSA) is 85.8 Å². The molecule has 9 heteroatoms. The molecule has 1 N–H and O–H groups in total. The van der Waals surface area contributed by atoms with Crippen molar-refractivity contribution in [3.05, 3.63) is 76.5 Å². The van der Waals surface area contributed by atoms with Crippen molar-refractivity contribution in [3.63, 3.8) is 0 Å². The summed E-state index contributed by atoms with van der Waals surface area (Å²) in [4.78, 5) is 12.5. The average Bonchev–Trinajstić information content (AvgIpc) is 3.34. The lowest BCUT2D eigenvalue weighted by atomic mass is 9.90. The van der Waals surface area contributed by atoms with E-state index in [0.717, 1.165) is 11.3 Å². The maximum Gasteiger partial charge on any atom is 0.226 e. The monoisotopic (exact) mass is 423 g/mol. The van der Waals surface area contributed by atoms with Gasteiger partial charge in [-0.15, -0.1) is 10.2 Å². The zero-order valence-corrected chi connectivity index (χ0v) is 16.5. The van der Waals surface area contributed by atoms with Gasteiger partial charge in [-0.3, -0.25) is 4.79 Å². The van der Waals surface area contributed by atoms with Crippen LogP contribution in [-0.4, -0.2) is 25.9 Å². The molecule has 0 radical (unpaired) electrons. The third kappa shape index (κ3) is 3.05. The molecule has 5 rings (SSSR count). The van der Waals surface area contributed by atoms with Crippen LogP contribution in [0.1, 0.15) is 29.4 Å². The first-order chi connectivity index (χ1) is 14.5. The predicted octanol–water partition coefficient (Wildman–Crippen LogP) is 4.50. The van der Waals surface area contributed by atoms with Gasteiger partial charge in [0, 0.05) is 12.0 Å². The van der Waals surface area contributed by atoms with Gasteiger partial charge in [0.1, 0.15) is 23.2 Å². The number of carbonyl (C=O) groups is 1. The van der Waals surface area contributed by atoms with Crippen LogP contribution in [0.2, 0.25) is 5.15 Å². The number of anilines is 1. The Morgan fingerprint density at radius 3 is 2.77 bits per heavy atom. The third-order valence-electron chi connectivity index (χ3n) is 5.05. The number of aromatic nitrogens is 4. The van der Waals surface area contributed by atoms with Crippen LogP contribution in [0.15, 0.2) is 52.9 Å². The minimum Gasteiger partial charge on any atom is -0.460 e. The molecular formula is C21H15ClFN5O2. The van der Waals surface area contributed by atoms with Gasteiger partial charge in [0.05, 0.1) is 17.2 Å². The van der Waals surface area contributed by atoms with Crippen LogP contribution in [0.4, 0.5) is 10.2 Å². The first-order valence-corrected chi connectivity index (χ1v) is 9.62. The van der Waals surface area contributed by atoms with Crippen molar-refractivity contribution in [1.29, 1.82) is 0 Å². The van der Waals surface area contributed by atoms with Gasteiger partial charge >= 0.3 is 0 Å². The zero-order valence-electron chi connectivity index (χ0n) is 15.8. The van der Waals surface area contributed by atoms with Crippen molar-refractivity contribution in [3.8, 4) is 17.1 Å². The van der Waals surface area contributed by atoms with Crippen molar-refractivity contribution in [2.45, 2.75) is 19.3 Å². The molecule has 1 aliphatic heterocycles. The van der Waals surface area contributed by atoms with Gasteiger partial charge in [0.2, 0.25) is 5.91 Å². The fourth-order valence-electron chi connectivity index (χ4n) is 3.72. The minimum absolute atomic E-state index is 0.181. The summed E-state index contributed by atoms with van der Waals surface area (Å²) in [6.45, 7) is 1.85. The van der Waals surface area contributed by atoms with Crippen molar-refractivity contribution in [1.82, 2.24) is 20.0 Å². The number of carbonyl (C=O) groups excluding carboxylic acids is 1. The summed E-state index contributed by atoms with van der Waals surface area (Å²) in [6.07, 6.45) is 0.191. The molecule has 150 valence electrons. The highest BCUT2D eigenvalue weighted by molar-refractivity contribution is 6.29. The molecule has 3 aromatic heterocycles. The van der Waals surface area contributed by atoms with Gasteiger partial charge in [-0.1, -0.05) is 23.7 Å². The van der Waals surface area contributed by atoms with E-state index in [-0.39, 0.29) is 29.2 Å². The van der Waals surface area contributed by atoms with Gasteiger partial charge in [-0.2, -0.15) is 9.78 Å². The lowest BCUT2D eigenvalue weighted by Gasteiger charge is -2.22. The van der Waals surface area contributed by atoms with E-state index >= 15 is 0 Å². The molecule has 4 heterocycles. The summed E-state index contributed by atoms with van der Waals surface area (Å²) in [6, 6.07) is 13.2. The number of nitrogens with one attached hydrogen (secondary N) is 1. The first-order valence-electron chi connectivity index (χ1n) is 9.25. The molecule has 0 unspecified atom stereocenters. The van der Waals surface area contributed by atoms with E-state index < -0.39 is 0 Å². The summed E-state index contributed by atoms with van der Waals surface area (Å²) in [5.41, 5.74) is 1.91. The minimum atomic E-state index is -0.370. The number of hydrogen-bond acceptors (Lipinski definition) is 5. The fraction of sp³-hybridized carbons (Fsp3) is 0.143. The number of hydrogen-bond donors (Lipinski definition) is 1. The molecule has 1 amide bonds. The standard InChI is InChI=1S/C21H15ClFN5O2/c1-11-20-13(16-7-6-15(30-16)12-4-2-3-5-14(12)23)10-19(29)24-21(20)28(27-11)18-9-8-17(22)25-26-18/h2-9,13H,10H2,1H3,(H,24,29)/t13-/m1/s1. The highest BCUT2D eigenvalue weighted by atomic mass is 35.5. The quantitative estimate of drug-likeness (QED) is 0.524. The van der Waals surface area contributed by atoms with E-state index in [1.807, 2.05) is 6.92 Å². The molecule has 0 saturated heterocycles. The van der Waals surface area contributed by atoms with Crippen molar-refractivity contribution in [2.24, 2.45) is 0 Å². The summed E-state index contributed by atoms with van der Waals surface area (Å²) < 4.78 is 21.7. The number of benzene rings is 1. The highest BCUT2D eigenvalue weighted by Crippen LogP contribution is 2.41. The predicted molar refractivity (Wildman–Crippen MR) is 108 cm³/mol. The van der Waals surface area contributed by atoms with Crippen molar-refractivity contribution >= 4 is 23.3 Å². The molecule has 0 aliphatic carbocycles. The third-order valence-corrected chi connectivity index (χ3v) is 5.25. The number of amides is 1. The molecule has 0 saturated carbocycles. The maximum atomic E-state index is 14.2. The molecule has 4 aromatic rings. The summed E-state index contributed by atoms with van der Waals surface area (Å²) in [5.74, 6) is 0.998. The van der Waals surface area contributed by atoms with Gasteiger partial charge in [0.15, 0.2) is 11.0 Å². The fourth-order valence-corrected chi connectivity index (χ4v) is 3.82. The van der Waals surface area contributed by atoms with Crippen LogP contribution in [0.3, 0.4) is 0 Å². The number of fused-ring (bicyclic) bond motifs is 1. The lowest BCUT2D eigenvalue weighted by molar-refractivity contribution is -0.116. The Morgan fingerprint density at radius 2 is 2.00 bits per heavy atom. The van der Waals surface area contributed by atoms with E-state index in [1.165, 1.54) is 10.7 Å². The maximum absolute atomic E-state index is 14.2. The molecule has 30 heavy (non-hydrogen) atoms. The van der Waals surface area contributed by atoms with Crippen LogP contribution in [0.5, 0.6) is 0 Å². The number of rotatable bonds is 3. The smallest absolute Gasteiger partial charge is 0.226 e.